The maximum atomic E-state index is 5.53. The first-order valence-corrected chi connectivity index (χ1v) is 5.11. The van der Waals surface area contributed by atoms with Gasteiger partial charge in [-0.15, -0.1) is 0 Å². The Morgan fingerprint density at radius 3 is 2.53 bits per heavy atom. The predicted octanol–water partition coefficient (Wildman–Crippen LogP) is 2.25. The van der Waals surface area contributed by atoms with Crippen LogP contribution in [0.25, 0.3) is 11.3 Å². The van der Waals surface area contributed by atoms with Crippen LogP contribution in [0.5, 0.6) is 11.5 Å². The Morgan fingerprint density at radius 2 is 2.00 bits per heavy atom. The van der Waals surface area contributed by atoms with Crippen molar-refractivity contribution < 1.29 is 14.0 Å². The minimum Gasteiger partial charge on any atom is -0.493 e. The third kappa shape index (κ3) is 1.91. The van der Waals surface area contributed by atoms with E-state index in [1.54, 1.807) is 20.3 Å². The van der Waals surface area contributed by atoms with Crippen molar-refractivity contribution in [1.29, 1.82) is 0 Å². The van der Waals surface area contributed by atoms with E-state index in [2.05, 4.69) is 5.16 Å². The lowest BCUT2D eigenvalue weighted by molar-refractivity contribution is 0.353. The van der Waals surface area contributed by atoms with Crippen molar-refractivity contribution in [3.63, 3.8) is 0 Å². The molecule has 5 heteroatoms. The Hall–Kier alpha value is -2.17. The minimum atomic E-state index is 0.356. The van der Waals surface area contributed by atoms with Gasteiger partial charge in [0.1, 0.15) is 0 Å². The van der Waals surface area contributed by atoms with Crippen LogP contribution in [-0.2, 0) is 0 Å². The second kappa shape index (κ2) is 4.37. The number of anilines is 1. The zero-order chi connectivity index (χ0) is 12.4. The summed E-state index contributed by atoms with van der Waals surface area (Å²) in [5.41, 5.74) is 7.33. The molecule has 0 unspecified atom stereocenters. The zero-order valence-corrected chi connectivity index (χ0v) is 9.98. The number of nitrogens with two attached hydrogens (primary N) is 1. The largest absolute Gasteiger partial charge is 0.493 e. The fourth-order valence-electron chi connectivity index (χ4n) is 1.76. The summed E-state index contributed by atoms with van der Waals surface area (Å²) in [7, 11) is 3.20. The number of rotatable bonds is 3. The molecular formula is C12H14N2O3. The molecule has 2 N–H and O–H groups in total. The number of hydrogen-bond acceptors (Lipinski definition) is 5. The van der Waals surface area contributed by atoms with Gasteiger partial charge in [0.05, 0.1) is 14.2 Å². The molecule has 0 spiro atoms. The highest BCUT2D eigenvalue weighted by Crippen LogP contribution is 2.37. The molecular weight excluding hydrogens is 220 g/mol. The van der Waals surface area contributed by atoms with Crippen LogP contribution in [0.4, 0.5) is 5.82 Å². The molecule has 2 aromatic rings. The molecule has 0 bridgehead atoms. The molecule has 1 aromatic heterocycles. The Morgan fingerprint density at radius 1 is 1.24 bits per heavy atom. The van der Waals surface area contributed by atoms with Crippen molar-refractivity contribution in [2.24, 2.45) is 0 Å². The van der Waals surface area contributed by atoms with Crippen LogP contribution >= 0.6 is 0 Å². The highest BCUT2D eigenvalue weighted by molar-refractivity contribution is 5.69. The maximum absolute atomic E-state index is 5.53. The average molecular weight is 234 g/mol. The second-order valence-corrected chi connectivity index (χ2v) is 3.59. The Kier molecular flexibility index (Phi) is 2.91. The molecule has 1 heterocycles. The van der Waals surface area contributed by atoms with E-state index in [-0.39, 0.29) is 0 Å². The minimum absolute atomic E-state index is 0.356. The van der Waals surface area contributed by atoms with Crippen molar-refractivity contribution in [3.8, 4) is 22.8 Å². The number of nitrogens with zero attached hydrogens (tertiary/aromatic N) is 1. The molecule has 90 valence electrons. The Balaban J connectivity index is 2.56. The summed E-state index contributed by atoms with van der Waals surface area (Å²) in [6.45, 7) is 1.93. The van der Waals surface area contributed by atoms with Gasteiger partial charge in [-0.1, -0.05) is 5.16 Å². The second-order valence-electron chi connectivity index (χ2n) is 3.59. The van der Waals surface area contributed by atoms with E-state index >= 15 is 0 Å². The summed E-state index contributed by atoms with van der Waals surface area (Å²) in [4.78, 5) is 0. The van der Waals surface area contributed by atoms with E-state index < -0.39 is 0 Å². The van der Waals surface area contributed by atoms with E-state index in [4.69, 9.17) is 19.7 Å². The number of ether oxygens (including phenoxy) is 2. The topological polar surface area (TPSA) is 70.5 Å². The third-order valence-corrected chi connectivity index (χ3v) is 2.59. The van der Waals surface area contributed by atoms with E-state index in [9.17, 15) is 0 Å². The van der Waals surface area contributed by atoms with E-state index in [1.807, 2.05) is 19.1 Å². The highest BCUT2D eigenvalue weighted by atomic mass is 16.5. The Labute approximate surface area is 99.1 Å². The van der Waals surface area contributed by atoms with Crippen molar-refractivity contribution in [2.45, 2.75) is 6.92 Å². The average Bonchev–Trinajstić information content (AvgIpc) is 2.75. The van der Waals surface area contributed by atoms with Gasteiger partial charge in [-0.05, 0) is 19.1 Å². The van der Waals surface area contributed by atoms with Gasteiger partial charge in [-0.2, -0.15) is 0 Å². The van der Waals surface area contributed by atoms with Crippen LogP contribution in [0.1, 0.15) is 5.56 Å². The quantitative estimate of drug-likeness (QED) is 0.881. The van der Waals surface area contributed by atoms with Crippen LogP contribution in [0, 0.1) is 6.92 Å². The summed E-state index contributed by atoms with van der Waals surface area (Å²) in [5.74, 6) is 2.33. The summed E-state index contributed by atoms with van der Waals surface area (Å²) < 4.78 is 15.7. The van der Waals surface area contributed by atoms with Crippen LogP contribution < -0.4 is 15.2 Å². The van der Waals surface area contributed by atoms with Crippen LogP contribution in [-0.4, -0.2) is 19.4 Å². The fraction of sp³-hybridized carbons (Fsp3) is 0.250. The van der Waals surface area contributed by atoms with Gasteiger partial charge in [0, 0.05) is 17.2 Å². The van der Waals surface area contributed by atoms with Crippen LogP contribution in [0.15, 0.2) is 22.7 Å². The standard InChI is InChI=1S/C12H14N2O3/c1-7-8(10-6-11(13)14-17-10)4-5-9(15-2)12(7)16-3/h4-6H,1-3H3,(H2,13,14). The highest BCUT2D eigenvalue weighted by Gasteiger charge is 2.15. The molecule has 0 aliphatic carbocycles. The summed E-state index contributed by atoms with van der Waals surface area (Å²) >= 11 is 0. The van der Waals surface area contributed by atoms with E-state index in [1.165, 1.54) is 0 Å². The van der Waals surface area contributed by atoms with Gasteiger partial charge in [-0.3, -0.25) is 0 Å². The van der Waals surface area contributed by atoms with Crippen molar-refractivity contribution in [2.75, 3.05) is 20.0 Å². The van der Waals surface area contributed by atoms with Crippen LogP contribution in [0.2, 0.25) is 0 Å². The zero-order valence-electron chi connectivity index (χ0n) is 9.98. The lowest BCUT2D eigenvalue weighted by Crippen LogP contribution is -1.94. The molecule has 0 fully saturated rings. The number of methoxy groups -OCH3 is 2. The molecule has 0 aliphatic rings. The van der Waals surface area contributed by atoms with E-state index in [0.29, 0.717) is 23.1 Å². The van der Waals surface area contributed by atoms with Gasteiger partial charge in [-0.25, -0.2) is 0 Å². The molecule has 0 saturated carbocycles. The van der Waals surface area contributed by atoms with Gasteiger partial charge >= 0.3 is 0 Å². The summed E-state index contributed by atoms with van der Waals surface area (Å²) in [6.07, 6.45) is 0. The van der Waals surface area contributed by atoms with Gasteiger partial charge < -0.3 is 19.7 Å². The van der Waals surface area contributed by atoms with Gasteiger partial charge in [0.2, 0.25) is 0 Å². The van der Waals surface area contributed by atoms with Crippen molar-refractivity contribution >= 4 is 5.82 Å². The Bertz CT molecular complexity index is 535. The van der Waals surface area contributed by atoms with Crippen LogP contribution in [0.3, 0.4) is 0 Å². The third-order valence-electron chi connectivity index (χ3n) is 2.59. The molecule has 0 atom stereocenters. The lowest BCUT2D eigenvalue weighted by atomic mass is 10.0. The number of benzene rings is 1. The number of hydrogen-bond donors (Lipinski definition) is 1. The molecule has 0 amide bonds. The normalized spacial score (nSPS) is 10.3. The molecule has 0 saturated heterocycles. The number of aromatic nitrogens is 1. The first-order valence-electron chi connectivity index (χ1n) is 5.11. The van der Waals surface area contributed by atoms with Crippen molar-refractivity contribution in [1.82, 2.24) is 5.16 Å². The SMILES string of the molecule is COc1ccc(-c2cc(N)no2)c(C)c1OC. The van der Waals surface area contributed by atoms with Gasteiger partial charge in [0.15, 0.2) is 23.1 Å². The lowest BCUT2D eigenvalue weighted by Gasteiger charge is -2.12. The van der Waals surface area contributed by atoms with Crippen molar-refractivity contribution in [3.05, 3.63) is 23.8 Å². The fourth-order valence-corrected chi connectivity index (χ4v) is 1.76. The first-order chi connectivity index (χ1) is 8.17. The first kappa shape index (κ1) is 11.3. The molecule has 17 heavy (non-hydrogen) atoms. The summed E-state index contributed by atoms with van der Waals surface area (Å²) in [6, 6.07) is 5.38. The smallest absolute Gasteiger partial charge is 0.169 e. The van der Waals surface area contributed by atoms with E-state index in [0.717, 1.165) is 11.1 Å². The predicted molar refractivity (Wildman–Crippen MR) is 64.2 cm³/mol. The summed E-state index contributed by atoms with van der Waals surface area (Å²) in [5, 5.41) is 3.66. The molecule has 5 nitrogen and oxygen atoms in total. The molecule has 1 aromatic carbocycles. The number of nitrogen functional groups attached to an aromatic ring is 1. The molecule has 0 aliphatic heterocycles. The molecule has 2 rings (SSSR count). The monoisotopic (exact) mass is 234 g/mol. The van der Waals surface area contributed by atoms with Gasteiger partial charge in [0.25, 0.3) is 0 Å². The maximum Gasteiger partial charge on any atom is 0.169 e. The molecule has 0 radical (unpaired) electrons.